The maximum atomic E-state index is 12.5. The summed E-state index contributed by atoms with van der Waals surface area (Å²) in [6.07, 6.45) is -10.8. The van der Waals surface area contributed by atoms with E-state index in [4.69, 9.17) is 0 Å². The Morgan fingerprint density at radius 3 is 2.35 bits per heavy atom. The molecule has 1 N–H and O–H groups in total. The molecule has 1 amide bonds. The number of hydrogen-bond donors (Lipinski definition) is 1. The van der Waals surface area contributed by atoms with Crippen LogP contribution in [0.2, 0.25) is 0 Å². The molecule has 0 heterocycles. The summed E-state index contributed by atoms with van der Waals surface area (Å²) in [5.41, 5.74) is 0.0375. The van der Waals surface area contributed by atoms with E-state index in [0.717, 1.165) is 18.2 Å². The number of alkyl halides is 5. The Hall–Kier alpha value is -1.86. The van der Waals surface area contributed by atoms with E-state index < -0.39 is 18.0 Å². The molecule has 0 unspecified atom stereocenters. The molecule has 0 bridgehead atoms. The average Bonchev–Trinajstić information content (AvgIpc) is 2.16. The maximum Gasteiger partial charge on any atom is 0.499 e. The van der Waals surface area contributed by atoms with Crippen LogP contribution in [0.15, 0.2) is 24.3 Å². The Kier molecular flexibility index (Phi) is 3.54. The van der Waals surface area contributed by atoms with Gasteiger partial charge in [-0.25, -0.2) is 0 Å². The van der Waals surface area contributed by atoms with E-state index in [1.54, 1.807) is 0 Å². The minimum Gasteiger partial charge on any atom is -0.426 e. The highest BCUT2D eigenvalue weighted by molar-refractivity contribution is 5.71. The minimum atomic E-state index is -5.80. The first-order valence-corrected chi connectivity index (χ1v) is 4.20. The van der Waals surface area contributed by atoms with Crippen LogP contribution in [-0.4, -0.2) is 18.7 Å². The van der Waals surface area contributed by atoms with Crippen LogP contribution in [0.1, 0.15) is 0 Å². The third-order valence-corrected chi connectivity index (χ3v) is 1.64. The van der Waals surface area contributed by atoms with E-state index in [2.05, 4.69) is 10.1 Å². The van der Waals surface area contributed by atoms with Gasteiger partial charge in [0.15, 0.2) is 0 Å². The fourth-order valence-corrected chi connectivity index (χ4v) is 0.923. The molecule has 8 heteroatoms. The Bertz CT molecular complexity index is 405. The number of benzene rings is 1. The fraction of sp³-hybridized carbons (Fsp3) is 0.222. The van der Waals surface area contributed by atoms with Crippen LogP contribution >= 0.6 is 0 Å². The highest BCUT2D eigenvalue weighted by Crippen LogP contribution is 2.37. The number of nitrogens with one attached hydrogen (secondary N) is 1. The zero-order valence-electron chi connectivity index (χ0n) is 8.09. The molecule has 94 valence electrons. The lowest BCUT2D eigenvalue weighted by atomic mass is 10.3. The summed E-state index contributed by atoms with van der Waals surface area (Å²) in [4.78, 5) is 10.0. The molecule has 0 aromatic heterocycles. The molecule has 1 aromatic rings. The Morgan fingerprint density at radius 2 is 1.82 bits per heavy atom. The number of carbonyl (C=O) groups excluding carboxylic acids is 1. The highest BCUT2D eigenvalue weighted by atomic mass is 19.4. The number of carbonyl (C=O) groups is 1. The topological polar surface area (TPSA) is 38.3 Å². The molecule has 0 aliphatic heterocycles. The predicted molar refractivity (Wildman–Crippen MR) is 47.8 cm³/mol. The molecule has 0 spiro atoms. The molecule has 0 fully saturated rings. The van der Waals surface area contributed by atoms with Crippen LogP contribution in [0.25, 0.3) is 0 Å². The zero-order valence-corrected chi connectivity index (χ0v) is 8.09. The third kappa shape index (κ3) is 3.30. The zero-order chi connectivity index (χ0) is 13.1. The Morgan fingerprint density at radius 1 is 1.18 bits per heavy atom. The van der Waals surface area contributed by atoms with E-state index in [9.17, 15) is 26.7 Å². The van der Waals surface area contributed by atoms with Crippen molar-refractivity contribution in [2.75, 3.05) is 5.32 Å². The summed E-state index contributed by atoms with van der Waals surface area (Å²) in [7, 11) is 0. The van der Waals surface area contributed by atoms with E-state index in [1.807, 2.05) is 0 Å². The third-order valence-electron chi connectivity index (χ3n) is 1.64. The summed E-state index contributed by atoms with van der Waals surface area (Å²) in [5.74, 6) is -0.709. The monoisotopic (exact) mass is 255 g/mol. The van der Waals surface area contributed by atoms with E-state index in [-0.39, 0.29) is 12.1 Å². The largest absolute Gasteiger partial charge is 0.499 e. The number of halogens is 5. The van der Waals surface area contributed by atoms with E-state index >= 15 is 0 Å². The first-order chi connectivity index (χ1) is 7.76. The minimum absolute atomic E-state index is 0.0375. The van der Waals surface area contributed by atoms with Gasteiger partial charge in [-0.2, -0.15) is 22.0 Å². The smallest absolute Gasteiger partial charge is 0.426 e. The molecule has 0 radical (unpaired) electrons. The summed E-state index contributed by atoms with van der Waals surface area (Å²) >= 11 is 0. The van der Waals surface area contributed by atoms with Gasteiger partial charge in [0.25, 0.3) is 0 Å². The molecular weight excluding hydrogens is 249 g/mol. The van der Waals surface area contributed by atoms with Crippen molar-refractivity contribution >= 4 is 12.1 Å². The van der Waals surface area contributed by atoms with E-state index in [1.165, 1.54) is 6.07 Å². The van der Waals surface area contributed by atoms with Crippen LogP contribution in [0.3, 0.4) is 0 Å². The van der Waals surface area contributed by atoms with Crippen molar-refractivity contribution < 1.29 is 31.5 Å². The van der Waals surface area contributed by atoms with Gasteiger partial charge in [-0.3, -0.25) is 4.79 Å². The average molecular weight is 255 g/mol. The molecule has 3 nitrogen and oxygen atoms in total. The van der Waals surface area contributed by atoms with Gasteiger partial charge in [-0.1, -0.05) is 6.07 Å². The molecule has 0 saturated carbocycles. The Labute approximate surface area is 92.2 Å². The standard InChI is InChI=1S/C9H6F5NO2/c10-8(11,12)9(13,14)17-7-3-1-2-6(4-7)15-5-16/h1-5H,(H,15,16). The quantitative estimate of drug-likeness (QED) is 0.663. The lowest BCUT2D eigenvalue weighted by Gasteiger charge is -2.20. The Balaban J connectivity index is 2.88. The molecule has 0 saturated heterocycles. The van der Waals surface area contributed by atoms with Crippen LogP contribution in [0.5, 0.6) is 5.75 Å². The van der Waals surface area contributed by atoms with Gasteiger partial charge in [0.2, 0.25) is 6.41 Å². The SMILES string of the molecule is O=CNc1cccc(OC(F)(F)C(F)(F)F)c1. The lowest BCUT2D eigenvalue weighted by Crippen LogP contribution is -2.41. The molecule has 0 atom stereocenters. The number of rotatable bonds is 4. The predicted octanol–water partition coefficient (Wildman–Crippen LogP) is 2.79. The van der Waals surface area contributed by atoms with Crippen LogP contribution in [0.4, 0.5) is 27.6 Å². The van der Waals surface area contributed by atoms with Crippen molar-refractivity contribution in [1.82, 2.24) is 0 Å². The lowest BCUT2D eigenvalue weighted by molar-refractivity contribution is -0.360. The normalized spacial score (nSPS) is 12.1. The summed E-state index contributed by atoms with van der Waals surface area (Å²) in [6, 6.07) is 4.21. The molecular formula is C9H6F5NO2. The first kappa shape index (κ1) is 13.2. The second-order valence-corrected chi connectivity index (χ2v) is 2.91. The fourth-order valence-electron chi connectivity index (χ4n) is 0.923. The van der Waals surface area contributed by atoms with Gasteiger partial charge in [-0.15, -0.1) is 0 Å². The number of anilines is 1. The van der Waals surface area contributed by atoms with Crippen molar-refractivity contribution in [2.24, 2.45) is 0 Å². The number of hydrogen-bond acceptors (Lipinski definition) is 2. The van der Waals surface area contributed by atoms with Crippen LogP contribution < -0.4 is 10.1 Å². The van der Waals surface area contributed by atoms with Crippen molar-refractivity contribution in [1.29, 1.82) is 0 Å². The van der Waals surface area contributed by atoms with Gasteiger partial charge in [-0.05, 0) is 12.1 Å². The maximum absolute atomic E-state index is 12.5. The summed E-state index contributed by atoms with van der Waals surface area (Å²) in [6.45, 7) is 0. The summed E-state index contributed by atoms with van der Waals surface area (Å²) < 4.78 is 64.0. The molecule has 17 heavy (non-hydrogen) atoms. The van der Waals surface area contributed by atoms with Gasteiger partial charge < -0.3 is 10.1 Å². The highest BCUT2D eigenvalue weighted by Gasteiger charge is 2.61. The molecule has 0 aliphatic rings. The van der Waals surface area contributed by atoms with Gasteiger partial charge in [0, 0.05) is 11.8 Å². The van der Waals surface area contributed by atoms with Gasteiger partial charge in [0.05, 0.1) is 0 Å². The molecule has 0 aliphatic carbocycles. The second-order valence-electron chi connectivity index (χ2n) is 2.91. The van der Waals surface area contributed by atoms with Gasteiger partial charge in [0.1, 0.15) is 5.75 Å². The van der Waals surface area contributed by atoms with Crippen molar-refractivity contribution in [3.8, 4) is 5.75 Å². The van der Waals surface area contributed by atoms with Crippen molar-refractivity contribution in [2.45, 2.75) is 12.3 Å². The van der Waals surface area contributed by atoms with Crippen LogP contribution in [-0.2, 0) is 4.79 Å². The van der Waals surface area contributed by atoms with Gasteiger partial charge >= 0.3 is 12.3 Å². The van der Waals surface area contributed by atoms with Crippen molar-refractivity contribution in [3.63, 3.8) is 0 Å². The number of ether oxygens (including phenoxy) is 1. The molecule has 1 rings (SSSR count). The first-order valence-electron chi connectivity index (χ1n) is 4.20. The van der Waals surface area contributed by atoms with Crippen LogP contribution in [0, 0.1) is 0 Å². The van der Waals surface area contributed by atoms with E-state index in [0.29, 0.717) is 0 Å². The second kappa shape index (κ2) is 4.56. The molecule has 1 aromatic carbocycles. The summed E-state index contributed by atoms with van der Waals surface area (Å²) in [5, 5.41) is 2.09. The van der Waals surface area contributed by atoms with Crippen molar-refractivity contribution in [3.05, 3.63) is 24.3 Å². The number of amides is 1.